The van der Waals surface area contributed by atoms with E-state index in [2.05, 4.69) is 57.0 Å². The summed E-state index contributed by atoms with van der Waals surface area (Å²) in [5.41, 5.74) is 1.46. The van der Waals surface area contributed by atoms with Gasteiger partial charge in [-0.2, -0.15) is 0 Å². The summed E-state index contributed by atoms with van der Waals surface area (Å²) >= 11 is 16.2. The summed E-state index contributed by atoms with van der Waals surface area (Å²) < 4.78 is 55.1. The smallest absolute Gasteiger partial charge is 0.410 e. The summed E-state index contributed by atoms with van der Waals surface area (Å²) in [4.78, 5) is 148. The van der Waals surface area contributed by atoms with Crippen molar-refractivity contribution in [3.8, 4) is 57.1 Å². The number of benzene rings is 5. The minimum Gasteiger partial charge on any atom is -0.508 e. The molecule has 11 bridgehead atoms. The number of phenols is 3. The van der Waals surface area contributed by atoms with Crippen LogP contribution in [0.5, 0.6) is 46.0 Å². The van der Waals surface area contributed by atoms with Crippen LogP contribution in [0.2, 0.25) is 10.0 Å². The van der Waals surface area contributed by atoms with Gasteiger partial charge in [0.1, 0.15) is 115 Å². The predicted octanol–water partition coefficient (Wildman–Crippen LogP) is 4.18. The first-order valence-electron chi connectivity index (χ1n) is 36.0. The topological polar surface area (TPSA) is 529 Å². The number of phenolic OH excluding ortho intramolecular Hbond substituents is 3. The van der Waals surface area contributed by atoms with E-state index in [4.69, 9.17) is 71.6 Å². The van der Waals surface area contributed by atoms with Crippen molar-refractivity contribution in [1.29, 1.82) is 0 Å². The highest BCUT2D eigenvalue weighted by Crippen LogP contribution is 2.50. The quantitative estimate of drug-likeness (QED) is 0.0171. The van der Waals surface area contributed by atoms with Gasteiger partial charge in [0, 0.05) is 40.7 Å². The van der Waals surface area contributed by atoms with Gasteiger partial charge in [-0.1, -0.05) is 116 Å². The summed E-state index contributed by atoms with van der Waals surface area (Å²) in [5.74, 6) is -16.1. The molecule has 2 fully saturated rings. The summed E-state index contributed by atoms with van der Waals surface area (Å²) in [5, 5.41) is 112. The Hall–Kier alpha value is -10.6. The second-order valence-electron chi connectivity index (χ2n) is 28.3. The van der Waals surface area contributed by atoms with Crippen LogP contribution in [0.4, 0.5) is 9.59 Å². The average molecular weight is 1770 g/mol. The van der Waals surface area contributed by atoms with Crippen molar-refractivity contribution in [3.05, 3.63) is 155 Å². The Labute approximate surface area is 686 Å². The number of halogens is 3. The van der Waals surface area contributed by atoms with Gasteiger partial charge in [-0.25, -0.2) is 14.4 Å². The molecule has 7 aliphatic rings. The van der Waals surface area contributed by atoms with Gasteiger partial charge in [-0.3, -0.25) is 38.5 Å². The lowest BCUT2D eigenvalue weighted by Crippen LogP contribution is -2.66. The maximum atomic E-state index is 16.3. The highest BCUT2D eigenvalue weighted by atomic mass is 127. The average Bonchev–Trinajstić information content (AvgIpc) is 0.764. The Kier molecular flexibility index (Phi) is 28.4. The third-order valence-corrected chi connectivity index (χ3v) is 20.9. The number of aliphatic hydroxyl groups is 5. The molecule has 7 aliphatic heterocycles. The number of hydrogen-bond donors (Lipinski definition) is 16. The number of esters is 1. The number of fused-ring (bicyclic) bond motifs is 15. The van der Waals surface area contributed by atoms with Gasteiger partial charge in [0.25, 0.3) is 0 Å². The zero-order chi connectivity index (χ0) is 84.6. The number of likely N-dealkylation sites (N-methyl/N-ethyl adjacent to an activating group) is 1. The molecule has 18 atom stereocenters. The molecule has 0 spiro atoms. The van der Waals surface area contributed by atoms with E-state index in [0.29, 0.717) is 0 Å². The Morgan fingerprint density at radius 1 is 0.698 bits per heavy atom. The fourth-order valence-electron chi connectivity index (χ4n) is 13.6. The van der Waals surface area contributed by atoms with E-state index >= 15 is 24.0 Å². The maximum Gasteiger partial charge on any atom is 0.410 e. The monoisotopic (exact) mass is 1770 g/mol. The van der Waals surface area contributed by atoms with Crippen molar-refractivity contribution in [2.45, 2.75) is 156 Å². The van der Waals surface area contributed by atoms with Crippen LogP contribution in [-0.2, 0) is 66.8 Å². The molecule has 9 unspecified atom stereocenters. The molecule has 9 amide bonds. The number of carbonyl (C=O) groups excluding carboxylic acids is 10. The second-order valence-corrected chi connectivity index (χ2v) is 30.0. The van der Waals surface area contributed by atoms with E-state index in [1.807, 2.05) is 22.6 Å². The number of nitrogens with zero attached hydrogens (tertiary/aromatic N) is 1. The fraction of sp³-hybridized carbons (Fsp3) is 0.403. The second kappa shape index (κ2) is 37.6. The molecule has 116 heavy (non-hydrogen) atoms. The van der Waals surface area contributed by atoms with Gasteiger partial charge in [0.15, 0.2) is 29.9 Å². The first-order chi connectivity index (χ1) is 55.0. The number of amides is 9. The van der Waals surface area contributed by atoms with Crippen LogP contribution in [-0.4, -0.2) is 215 Å². The molecule has 5 aromatic rings. The van der Waals surface area contributed by atoms with E-state index in [1.54, 1.807) is 13.8 Å². The largest absolute Gasteiger partial charge is 0.508 e. The third kappa shape index (κ3) is 19.7. The molecule has 622 valence electrons. The van der Waals surface area contributed by atoms with Gasteiger partial charge < -0.3 is 126 Å². The molecule has 39 heteroatoms. The van der Waals surface area contributed by atoms with Gasteiger partial charge in [0.05, 0.1) is 34.2 Å². The Morgan fingerprint density at radius 2 is 1.29 bits per heavy atom. The summed E-state index contributed by atoms with van der Waals surface area (Å²) in [6, 6.07) is -1.15. The molecule has 12 rings (SSSR count). The number of alkyl carbamates (subject to hydrolysis) is 1. The van der Waals surface area contributed by atoms with Crippen molar-refractivity contribution in [1.82, 2.24) is 42.1 Å². The first-order valence-corrected chi connectivity index (χ1v) is 38.3. The molecular formula is C77H86Cl2IN9O27. The molecule has 5 aromatic carbocycles. The van der Waals surface area contributed by atoms with Crippen LogP contribution in [0, 0.1) is 5.92 Å². The molecular weight excluding hydrogens is 1680 g/mol. The van der Waals surface area contributed by atoms with Crippen LogP contribution in [0.1, 0.15) is 105 Å². The molecule has 0 radical (unpaired) electrons. The van der Waals surface area contributed by atoms with E-state index in [1.165, 1.54) is 51.3 Å². The van der Waals surface area contributed by atoms with Gasteiger partial charge in [0.2, 0.25) is 53.4 Å². The van der Waals surface area contributed by atoms with E-state index in [-0.39, 0.29) is 52.4 Å². The number of nitrogens with one attached hydrogen (secondary N) is 7. The highest BCUT2D eigenvalue weighted by molar-refractivity contribution is 14.1. The van der Waals surface area contributed by atoms with E-state index in [0.717, 1.165) is 71.6 Å². The minimum absolute atomic E-state index is 0.0670. The molecule has 7 heterocycles. The highest BCUT2D eigenvalue weighted by Gasteiger charge is 2.53. The lowest BCUT2D eigenvalue weighted by atomic mass is 9.85. The standard InChI is InChI=1S/C77H86Cl2IN9O27/c1-9-18-108-73(105)57-40-27-38(90)28-46(92)54(40)39-22-34(12-15-45(39)91)55-69(101)87-59(72(104)85-57)61(95)36-14-17-48(42(79)24-36)113-50-26-37-25-49(64(50)116-74-65(63(97)62(96)51(31-80)114-74)115-53-30-77(7,66(98)33(6)111-53)88-75(106)109-19-10-2)112-47-16-13-35(23-41(47)78)60(94)58(86-68(100)44(21-32(4)5)89(8)76(107)110-20-11-3)71(103)82-43(29-52(81)93)67(99)83-56(37)70(102)84-55/h9-17,22-28,32-33,43-44,51,53,55-63,65-66,74,90-92,94-98H,1-3,18-21,29-31H2,4-8H3,(H2,81,93)(H,82,103)(H,83,99)(H,84,102)(H,85,104)(H,86,100)(H,87,101)(H,88,106)/t33?,43-,44+,51?,53?,55+,56+,57+,58+,59-,60+,61+,62?,63?,65?,66?,74?,77?/m0/s1. The van der Waals surface area contributed by atoms with Crippen molar-refractivity contribution >= 4 is 105 Å². The summed E-state index contributed by atoms with van der Waals surface area (Å²) in [7, 11) is 1.23. The third-order valence-electron chi connectivity index (χ3n) is 19.5. The molecule has 0 saturated carbocycles. The number of rotatable bonds is 20. The number of primary amides is 1. The normalized spacial score (nSPS) is 26.8. The first kappa shape index (κ1) is 87.8. The Morgan fingerprint density at radius 3 is 1.91 bits per heavy atom. The van der Waals surface area contributed by atoms with Gasteiger partial charge in [-0.15, -0.1) is 0 Å². The zero-order valence-corrected chi connectivity index (χ0v) is 66.4. The lowest BCUT2D eigenvalue weighted by molar-refractivity contribution is -0.329. The number of aliphatic hydroxyl groups excluding tert-OH is 5. The number of hydrogen-bond acceptors (Lipinski definition) is 27. The van der Waals surface area contributed by atoms with E-state index in [9.17, 15) is 64.8 Å². The molecule has 17 N–H and O–H groups in total. The maximum absolute atomic E-state index is 16.3. The van der Waals surface area contributed by atoms with Crippen molar-refractivity contribution in [2.24, 2.45) is 11.7 Å². The summed E-state index contributed by atoms with van der Waals surface area (Å²) in [6.07, 6.45) is -17.4. The van der Waals surface area contributed by atoms with Crippen LogP contribution in [0.3, 0.4) is 0 Å². The zero-order valence-electron chi connectivity index (χ0n) is 62.7. The Bertz CT molecular complexity index is 4660. The van der Waals surface area contributed by atoms with Crippen LogP contribution >= 0.6 is 45.8 Å². The SMILES string of the molecule is C=CCOC(=O)NC1(C)CC(OC2C(Oc3c4cc5cc3Oc3ccc(cc3Cl)[C@@H](O)[C@@H](NC(=O)[C@@H](CC(C)C)N(C)C(=O)OCC=C)C(=O)N[C@@H](CC(N)=O)C(=O)N[C@H]5C(=O)N[C@H]3C(=O)N[C@H](C(=O)N[C@@H](C(=O)OCC=C)c5cc(O)cc(O)c5-c5cc3ccc5O)[C@H](O)c3ccc(c(Cl)c3)O4)OC(CI)C(O)C2O)OC(C)C1O. The van der Waals surface area contributed by atoms with Crippen LogP contribution in [0.15, 0.2) is 117 Å². The van der Waals surface area contributed by atoms with Gasteiger partial charge >= 0.3 is 18.2 Å². The Balaban J connectivity index is 1.23. The van der Waals surface area contributed by atoms with Crippen molar-refractivity contribution in [2.75, 3.05) is 31.3 Å². The molecule has 0 aromatic heterocycles. The molecule has 0 aliphatic carbocycles. The van der Waals surface area contributed by atoms with Crippen molar-refractivity contribution < 1.29 is 131 Å². The number of ether oxygens (including phenoxy) is 9. The van der Waals surface area contributed by atoms with Crippen LogP contribution in [0.25, 0.3) is 11.1 Å². The van der Waals surface area contributed by atoms with Crippen LogP contribution < -0.4 is 57.2 Å². The van der Waals surface area contributed by atoms with E-state index < -0.39 is 261 Å². The molecule has 2 saturated heterocycles. The number of aromatic hydroxyl groups is 3. The summed E-state index contributed by atoms with van der Waals surface area (Å²) in [6.45, 7) is 16.0. The molecule has 36 nitrogen and oxygen atoms in total. The predicted molar refractivity (Wildman–Crippen MR) is 415 cm³/mol. The lowest BCUT2D eigenvalue weighted by Gasteiger charge is -2.48. The fourth-order valence-corrected chi connectivity index (χ4v) is 14.8. The minimum atomic E-state index is -2.40. The number of carbonyl (C=O) groups is 10. The number of nitrogens with two attached hydrogens (primary N) is 1. The van der Waals surface area contributed by atoms with Gasteiger partial charge in [-0.05, 0) is 103 Å². The number of alkyl halides is 1. The van der Waals surface area contributed by atoms with Crippen molar-refractivity contribution in [3.63, 3.8) is 0 Å².